The van der Waals surface area contributed by atoms with Crippen LogP contribution in [0.2, 0.25) is 0 Å². The zero-order valence-electron chi connectivity index (χ0n) is 10.6. The number of aromatic nitrogens is 2. The lowest BCUT2D eigenvalue weighted by Crippen LogP contribution is -2.25. The smallest absolute Gasteiger partial charge is 0.147 e. The molecule has 0 amide bonds. The van der Waals surface area contributed by atoms with Gasteiger partial charge in [-0.15, -0.1) is 6.42 Å². The third-order valence-corrected chi connectivity index (χ3v) is 2.35. The van der Waals surface area contributed by atoms with Gasteiger partial charge in [0.25, 0.3) is 0 Å². The van der Waals surface area contributed by atoms with Gasteiger partial charge in [-0.2, -0.15) is 0 Å². The van der Waals surface area contributed by atoms with Gasteiger partial charge in [0.15, 0.2) is 0 Å². The van der Waals surface area contributed by atoms with Gasteiger partial charge in [0.1, 0.15) is 5.82 Å². The Morgan fingerprint density at radius 3 is 2.71 bits per heavy atom. The monoisotopic (exact) mass is 232 g/mol. The summed E-state index contributed by atoms with van der Waals surface area (Å²) in [6, 6.07) is 0. The fraction of sp³-hybridized carbons (Fsp3) is 0.538. The second-order valence-corrected chi connectivity index (χ2v) is 3.77. The van der Waals surface area contributed by atoms with Crippen molar-refractivity contribution in [2.75, 3.05) is 24.5 Å². The molecule has 0 saturated carbocycles. The van der Waals surface area contributed by atoms with Crippen molar-refractivity contribution in [2.45, 2.75) is 26.8 Å². The number of terminal acetylenes is 1. The van der Waals surface area contributed by atoms with E-state index in [0.717, 1.165) is 37.6 Å². The van der Waals surface area contributed by atoms with E-state index in [4.69, 9.17) is 6.42 Å². The fourth-order valence-electron chi connectivity index (χ4n) is 1.51. The van der Waals surface area contributed by atoms with E-state index in [-0.39, 0.29) is 0 Å². The number of hydrogen-bond donors (Lipinski definition) is 1. The van der Waals surface area contributed by atoms with Crippen LogP contribution in [-0.4, -0.2) is 29.6 Å². The number of rotatable bonds is 7. The van der Waals surface area contributed by atoms with Crippen molar-refractivity contribution in [3.8, 4) is 12.3 Å². The van der Waals surface area contributed by atoms with Gasteiger partial charge in [-0.05, 0) is 13.0 Å². The summed E-state index contributed by atoms with van der Waals surface area (Å²) >= 11 is 0. The van der Waals surface area contributed by atoms with Gasteiger partial charge in [-0.3, -0.25) is 4.98 Å². The predicted molar refractivity (Wildman–Crippen MR) is 70.7 cm³/mol. The van der Waals surface area contributed by atoms with Gasteiger partial charge >= 0.3 is 0 Å². The molecule has 1 aromatic rings. The fourth-order valence-corrected chi connectivity index (χ4v) is 1.51. The van der Waals surface area contributed by atoms with E-state index in [1.807, 2.05) is 0 Å². The van der Waals surface area contributed by atoms with E-state index in [1.54, 1.807) is 12.4 Å². The first-order chi connectivity index (χ1) is 8.31. The highest BCUT2D eigenvalue weighted by molar-refractivity contribution is 5.37. The Hall–Kier alpha value is -1.60. The van der Waals surface area contributed by atoms with E-state index in [2.05, 4.69) is 40.0 Å². The van der Waals surface area contributed by atoms with Gasteiger partial charge in [-0.25, -0.2) is 4.98 Å². The molecule has 0 spiro atoms. The van der Waals surface area contributed by atoms with Crippen LogP contribution in [0, 0.1) is 12.3 Å². The topological polar surface area (TPSA) is 41.1 Å². The highest BCUT2D eigenvalue weighted by Gasteiger charge is 2.05. The lowest BCUT2D eigenvalue weighted by Gasteiger charge is -2.19. The minimum Gasteiger partial charge on any atom is -0.344 e. The summed E-state index contributed by atoms with van der Waals surface area (Å²) in [5.41, 5.74) is 0.952. The Balaban J connectivity index is 2.67. The maximum absolute atomic E-state index is 5.34. The van der Waals surface area contributed by atoms with Crippen LogP contribution in [-0.2, 0) is 6.54 Å². The molecule has 1 N–H and O–H groups in total. The molecule has 1 heterocycles. The van der Waals surface area contributed by atoms with Crippen LogP contribution in [0.4, 0.5) is 5.82 Å². The molecule has 0 aromatic carbocycles. The first-order valence-electron chi connectivity index (χ1n) is 6.01. The van der Waals surface area contributed by atoms with Crippen molar-refractivity contribution in [1.29, 1.82) is 0 Å². The molecule has 0 fully saturated rings. The first-order valence-corrected chi connectivity index (χ1v) is 6.01. The summed E-state index contributed by atoms with van der Waals surface area (Å²) in [5.74, 6) is 3.50. The Morgan fingerprint density at radius 2 is 2.18 bits per heavy atom. The third-order valence-electron chi connectivity index (χ3n) is 2.35. The Morgan fingerprint density at radius 1 is 1.35 bits per heavy atom. The van der Waals surface area contributed by atoms with E-state index in [1.165, 1.54) is 0 Å². The maximum Gasteiger partial charge on any atom is 0.147 e. The van der Waals surface area contributed by atoms with Crippen molar-refractivity contribution < 1.29 is 0 Å². The second-order valence-electron chi connectivity index (χ2n) is 3.77. The largest absolute Gasteiger partial charge is 0.344 e. The molecule has 0 radical (unpaired) electrons. The highest BCUT2D eigenvalue weighted by atomic mass is 15.2. The van der Waals surface area contributed by atoms with Gasteiger partial charge in [0, 0.05) is 13.1 Å². The van der Waals surface area contributed by atoms with Crippen molar-refractivity contribution in [3.05, 3.63) is 18.1 Å². The molecule has 4 nitrogen and oxygen atoms in total. The molecule has 0 atom stereocenters. The van der Waals surface area contributed by atoms with Gasteiger partial charge in [0.05, 0.1) is 24.6 Å². The van der Waals surface area contributed by atoms with Gasteiger partial charge in [-0.1, -0.05) is 19.8 Å². The standard InChI is InChI=1S/C13H20N4/c1-4-7-17(8-5-2)13-11-15-12(10-16-13)9-14-6-3/h1,10-11,14H,5-9H2,2-3H3. The van der Waals surface area contributed by atoms with Crippen LogP contribution in [0.3, 0.4) is 0 Å². The van der Waals surface area contributed by atoms with Crippen LogP contribution >= 0.6 is 0 Å². The van der Waals surface area contributed by atoms with Gasteiger partial charge in [0.2, 0.25) is 0 Å². The van der Waals surface area contributed by atoms with Crippen LogP contribution < -0.4 is 10.2 Å². The van der Waals surface area contributed by atoms with E-state index >= 15 is 0 Å². The van der Waals surface area contributed by atoms with Crippen LogP contribution in [0.15, 0.2) is 12.4 Å². The lowest BCUT2D eigenvalue weighted by molar-refractivity contribution is 0.705. The average molecular weight is 232 g/mol. The Bertz CT molecular complexity index is 353. The van der Waals surface area contributed by atoms with Crippen LogP contribution in [0.25, 0.3) is 0 Å². The Kier molecular flexibility index (Phi) is 6.05. The van der Waals surface area contributed by atoms with E-state index in [0.29, 0.717) is 6.54 Å². The molecule has 0 aliphatic carbocycles. The Labute approximate surface area is 103 Å². The lowest BCUT2D eigenvalue weighted by atomic mass is 10.4. The minimum atomic E-state index is 0.578. The van der Waals surface area contributed by atoms with Crippen LogP contribution in [0.5, 0.6) is 0 Å². The summed E-state index contributed by atoms with van der Waals surface area (Å²) < 4.78 is 0. The molecule has 0 bridgehead atoms. The predicted octanol–water partition coefficient (Wildman–Crippen LogP) is 1.44. The molecule has 92 valence electrons. The number of nitrogens with zero attached hydrogens (tertiary/aromatic N) is 3. The SMILES string of the molecule is C#CCN(CCC)c1cnc(CNCC)cn1. The zero-order valence-corrected chi connectivity index (χ0v) is 10.6. The molecule has 0 unspecified atom stereocenters. The van der Waals surface area contributed by atoms with Crippen LogP contribution in [0.1, 0.15) is 26.0 Å². The molecular formula is C13H20N4. The second kappa shape index (κ2) is 7.64. The van der Waals surface area contributed by atoms with E-state index < -0.39 is 0 Å². The summed E-state index contributed by atoms with van der Waals surface area (Å²) in [6.45, 7) is 7.36. The number of anilines is 1. The summed E-state index contributed by atoms with van der Waals surface area (Å²) in [5, 5.41) is 3.22. The summed E-state index contributed by atoms with van der Waals surface area (Å²) in [7, 11) is 0. The van der Waals surface area contributed by atoms with Crippen molar-refractivity contribution in [1.82, 2.24) is 15.3 Å². The third kappa shape index (κ3) is 4.41. The maximum atomic E-state index is 5.34. The molecule has 0 aliphatic heterocycles. The van der Waals surface area contributed by atoms with E-state index in [9.17, 15) is 0 Å². The quantitative estimate of drug-likeness (QED) is 0.722. The molecule has 17 heavy (non-hydrogen) atoms. The first kappa shape index (κ1) is 13.5. The number of hydrogen-bond acceptors (Lipinski definition) is 4. The molecule has 0 saturated heterocycles. The van der Waals surface area contributed by atoms with Gasteiger partial charge < -0.3 is 10.2 Å². The molecule has 1 rings (SSSR count). The molecule has 4 heteroatoms. The normalized spacial score (nSPS) is 9.94. The summed E-state index contributed by atoms with van der Waals surface area (Å²) in [6.07, 6.45) is 9.98. The van der Waals surface area contributed by atoms with Crippen molar-refractivity contribution >= 4 is 5.82 Å². The zero-order chi connectivity index (χ0) is 12.5. The molecular weight excluding hydrogens is 212 g/mol. The molecule has 0 aliphatic rings. The molecule has 1 aromatic heterocycles. The highest BCUT2D eigenvalue weighted by Crippen LogP contribution is 2.08. The van der Waals surface area contributed by atoms with Crippen molar-refractivity contribution in [2.24, 2.45) is 0 Å². The van der Waals surface area contributed by atoms with Crippen molar-refractivity contribution in [3.63, 3.8) is 0 Å². The average Bonchev–Trinajstić information content (AvgIpc) is 2.37. The number of nitrogens with one attached hydrogen (secondary N) is 1. The summed E-state index contributed by atoms with van der Waals surface area (Å²) in [4.78, 5) is 10.8. The minimum absolute atomic E-state index is 0.578.